The number of likely N-dealkylation sites (tertiary alicyclic amines) is 1. The summed E-state index contributed by atoms with van der Waals surface area (Å²) in [5.41, 5.74) is -1.63. The molecule has 4 nitrogen and oxygen atoms in total. The topological polar surface area (TPSA) is 49.8 Å². The molecule has 1 heterocycles. The van der Waals surface area contributed by atoms with Crippen molar-refractivity contribution in [1.82, 2.24) is 4.90 Å². The summed E-state index contributed by atoms with van der Waals surface area (Å²) in [7, 11) is 0. The van der Waals surface area contributed by atoms with Gasteiger partial charge in [0.2, 0.25) is 0 Å². The Morgan fingerprint density at radius 3 is 2.60 bits per heavy atom. The Labute approximate surface area is 122 Å². The van der Waals surface area contributed by atoms with Gasteiger partial charge in [-0.15, -0.1) is 0 Å². The molecule has 1 N–H and O–H groups in total. The van der Waals surface area contributed by atoms with Crippen LogP contribution in [0.4, 0.5) is 9.18 Å². The normalized spacial score (nSPS) is 17.6. The van der Waals surface area contributed by atoms with Crippen molar-refractivity contribution in [2.75, 3.05) is 13.1 Å². The Morgan fingerprint density at radius 2 is 2.05 bits per heavy atom. The lowest BCUT2D eigenvalue weighted by molar-refractivity contribution is -0.103. The van der Waals surface area contributed by atoms with Crippen LogP contribution in [0.5, 0.6) is 0 Å². The summed E-state index contributed by atoms with van der Waals surface area (Å²) in [5.74, 6) is -0.478. The second kappa shape index (κ2) is 4.90. The number of amides is 1. The number of carbonyl (C=O) groups excluding carboxylic acids is 1. The Bertz CT molecular complexity index is 536. The number of ether oxygens (including phenoxy) is 1. The average Bonchev–Trinajstić information content (AvgIpc) is 2.25. The second-order valence-electron chi connectivity index (χ2n) is 5.99. The molecule has 0 unspecified atom stereocenters. The summed E-state index contributed by atoms with van der Waals surface area (Å²) >= 11 is 5.97. The van der Waals surface area contributed by atoms with E-state index in [4.69, 9.17) is 16.3 Å². The Morgan fingerprint density at radius 1 is 1.45 bits per heavy atom. The molecule has 1 aliphatic heterocycles. The maximum absolute atomic E-state index is 13.2. The minimum absolute atomic E-state index is 0.0328. The van der Waals surface area contributed by atoms with Gasteiger partial charge in [-0.2, -0.15) is 0 Å². The van der Waals surface area contributed by atoms with Gasteiger partial charge >= 0.3 is 6.09 Å². The predicted octanol–water partition coefficient (Wildman–Crippen LogP) is 2.92. The van der Waals surface area contributed by atoms with Gasteiger partial charge in [0, 0.05) is 10.6 Å². The summed E-state index contributed by atoms with van der Waals surface area (Å²) < 4.78 is 18.4. The van der Waals surface area contributed by atoms with E-state index in [1.165, 1.54) is 23.1 Å². The number of β-amino-alcohol motifs (C(OH)–C–C–N with tert-alkyl or cyclic N) is 1. The number of carbonyl (C=O) groups is 1. The number of hydrogen-bond donors (Lipinski definition) is 1. The molecule has 1 saturated heterocycles. The molecule has 0 aromatic heterocycles. The first-order valence-corrected chi connectivity index (χ1v) is 6.64. The van der Waals surface area contributed by atoms with Crippen molar-refractivity contribution < 1.29 is 19.0 Å². The summed E-state index contributed by atoms with van der Waals surface area (Å²) in [6, 6.07) is 3.80. The van der Waals surface area contributed by atoms with Crippen molar-refractivity contribution in [1.29, 1.82) is 0 Å². The van der Waals surface area contributed by atoms with Crippen molar-refractivity contribution in [2.24, 2.45) is 0 Å². The van der Waals surface area contributed by atoms with E-state index in [1.54, 1.807) is 20.8 Å². The second-order valence-corrected chi connectivity index (χ2v) is 6.40. The molecule has 6 heteroatoms. The first-order chi connectivity index (χ1) is 9.11. The third-order valence-electron chi connectivity index (χ3n) is 2.99. The molecule has 1 fully saturated rings. The van der Waals surface area contributed by atoms with Gasteiger partial charge in [0.1, 0.15) is 17.0 Å². The molecular weight excluding hydrogens is 285 g/mol. The number of benzene rings is 1. The molecule has 1 aromatic carbocycles. The summed E-state index contributed by atoms with van der Waals surface area (Å²) in [4.78, 5) is 13.2. The number of nitrogens with zero attached hydrogens (tertiary/aromatic N) is 1. The van der Waals surface area contributed by atoms with Crippen LogP contribution in [0.2, 0.25) is 5.02 Å². The Balaban J connectivity index is 2.07. The van der Waals surface area contributed by atoms with Crippen LogP contribution >= 0.6 is 11.6 Å². The summed E-state index contributed by atoms with van der Waals surface area (Å²) in [5, 5.41) is 10.7. The molecule has 0 saturated carbocycles. The van der Waals surface area contributed by atoms with Crippen LogP contribution in [0.25, 0.3) is 0 Å². The molecule has 0 spiro atoms. The van der Waals surface area contributed by atoms with E-state index in [0.29, 0.717) is 5.56 Å². The van der Waals surface area contributed by atoms with E-state index in [1.807, 2.05) is 0 Å². The molecule has 20 heavy (non-hydrogen) atoms. The molecule has 110 valence electrons. The number of aliphatic hydroxyl groups is 1. The fraction of sp³-hybridized carbons (Fsp3) is 0.500. The quantitative estimate of drug-likeness (QED) is 0.867. The van der Waals surface area contributed by atoms with Crippen LogP contribution in [0, 0.1) is 5.82 Å². The van der Waals surface area contributed by atoms with E-state index in [-0.39, 0.29) is 18.1 Å². The average molecular weight is 302 g/mol. The standard InChI is InChI=1S/C14H17ClFNO3/c1-13(2,3)20-12(18)17-7-14(19,8-17)10-6-9(16)4-5-11(10)15/h4-6,19H,7-8H2,1-3H3. The van der Waals surface area contributed by atoms with Crippen LogP contribution in [0.3, 0.4) is 0 Å². The van der Waals surface area contributed by atoms with Gasteiger partial charge in [-0.3, -0.25) is 0 Å². The molecule has 0 radical (unpaired) electrons. The predicted molar refractivity (Wildman–Crippen MR) is 73.1 cm³/mol. The minimum Gasteiger partial charge on any atom is -0.444 e. The lowest BCUT2D eigenvalue weighted by Crippen LogP contribution is -2.62. The monoisotopic (exact) mass is 301 g/mol. The first-order valence-electron chi connectivity index (χ1n) is 6.27. The van der Waals surface area contributed by atoms with Crippen LogP contribution in [0.15, 0.2) is 18.2 Å². The molecule has 2 rings (SSSR count). The van der Waals surface area contributed by atoms with Gasteiger partial charge in [0.15, 0.2) is 0 Å². The highest BCUT2D eigenvalue weighted by Gasteiger charge is 2.47. The minimum atomic E-state index is -1.32. The Hall–Kier alpha value is -1.33. The van der Waals surface area contributed by atoms with Crippen molar-refractivity contribution in [2.45, 2.75) is 32.0 Å². The zero-order chi connectivity index (χ0) is 15.1. The fourth-order valence-electron chi connectivity index (χ4n) is 2.07. The van der Waals surface area contributed by atoms with Gasteiger partial charge in [-0.1, -0.05) is 11.6 Å². The molecule has 1 aliphatic rings. The van der Waals surface area contributed by atoms with E-state index >= 15 is 0 Å². The zero-order valence-electron chi connectivity index (χ0n) is 11.6. The van der Waals surface area contributed by atoms with Crippen molar-refractivity contribution in [3.63, 3.8) is 0 Å². The molecule has 0 bridgehead atoms. The van der Waals surface area contributed by atoms with Gasteiger partial charge in [0.05, 0.1) is 13.1 Å². The number of rotatable bonds is 1. The smallest absolute Gasteiger partial charge is 0.410 e. The maximum atomic E-state index is 13.2. The molecule has 1 aromatic rings. The highest BCUT2D eigenvalue weighted by molar-refractivity contribution is 6.31. The molecule has 1 amide bonds. The van der Waals surface area contributed by atoms with Gasteiger partial charge in [0.25, 0.3) is 0 Å². The number of hydrogen-bond acceptors (Lipinski definition) is 3. The SMILES string of the molecule is CC(C)(C)OC(=O)N1CC(O)(c2cc(F)ccc2Cl)C1. The Kier molecular flexibility index (Phi) is 3.69. The summed E-state index contributed by atoms with van der Waals surface area (Å²) in [6.45, 7) is 5.36. The third kappa shape index (κ3) is 3.04. The van der Waals surface area contributed by atoms with E-state index in [0.717, 1.165) is 0 Å². The van der Waals surface area contributed by atoms with Gasteiger partial charge in [-0.05, 0) is 39.0 Å². The third-order valence-corrected chi connectivity index (χ3v) is 3.32. The van der Waals surface area contributed by atoms with Crippen molar-refractivity contribution in [3.8, 4) is 0 Å². The van der Waals surface area contributed by atoms with Gasteiger partial charge < -0.3 is 14.7 Å². The lowest BCUT2D eigenvalue weighted by Gasteiger charge is -2.46. The van der Waals surface area contributed by atoms with E-state index in [9.17, 15) is 14.3 Å². The van der Waals surface area contributed by atoms with Crippen LogP contribution in [-0.2, 0) is 10.3 Å². The molecular formula is C14H17ClFNO3. The van der Waals surface area contributed by atoms with Gasteiger partial charge in [-0.25, -0.2) is 9.18 Å². The van der Waals surface area contributed by atoms with Crippen molar-refractivity contribution >= 4 is 17.7 Å². The first kappa shape index (κ1) is 15.1. The van der Waals surface area contributed by atoms with E-state index < -0.39 is 23.1 Å². The number of halogens is 2. The van der Waals surface area contributed by atoms with Crippen LogP contribution < -0.4 is 0 Å². The lowest BCUT2D eigenvalue weighted by atomic mass is 9.86. The van der Waals surface area contributed by atoms with Crippen molar-refractivity contribution in [3.05, 3.63) is 34.6 Å². The molecule has 0 aliphatic carbocycles. The summed E-state index contributed by atoms with van der Waals surface area (Å²) in [6.07, 6.45) is -0.505. The highest BCUT2D eigenvalue weighted by atomic mass is 35.5. The zero-order valence-corrected chi connectivity index (χ0v) is 12.4. The molecule has 0 atom stereocenters. The highest BCUT2D eigenvalue weighted by Crippen LogP contribution is 2.37. The van der Waals surface area contributed by atoms with E-state index in [2.05, 4.69) is 0 Å². The fourth-order valence-corrected chi connectivity index (χ4v) is 2.36. The van der Waals surface area contributed by atoms with Crippen LogP contribution in [0.1, 0.15) is 26.3 Å². The maximum Gasteiger partial charge on any atom is 0.410 e. The van der Waals surface area contributed by atoms with Crippen LogP contribution in [-0.4, -0.2) is 34.8 Å². The largest absolute Gasteiger partial charge is 0.444 e.